The zero-order valence-corrected chi connectivity index (χ0v) is 22.7. The average molecular weight is 551 g/mol. The molecule has 0 amide bonds. The van der Waals surface area contributed by atoms with Gasteiger partial charge in [0.1, 0.15) is 34.3 Å². The van der Waals surface area contributed by atoms with E-state index in [1.165, 1.54) is 47.7 Å². The Bertz CT molecular complexity index is 1460. The quantitative estimate of drug-likeness (QED) is 0.426. The highest BCUT2D eigenvalue weighted by Crippen LogP contribution is 2.57. The van der Waals surface area contributed by atoms with E-state index >= 15 is 0 Å². The molecule has 0 spiro atoms. The number of phenols is 1. The number of carbonyl (C=O) groups is 1. The molecule has 2 N–H and O–H groups in total. The minimum Gasteiger partial charge on any atom is -0.507 e. The number of ether oxygens (including phenoxy) is 7. The van der Waals surface area contributed by atoms with Crippen LogP contribution >= 0.6 is 0 Å². The first kappa shape index (κ1) is 27.2. The van der Waals surface area contributed by atoms with E-state index in [4.69, 9.17) is 33.2 Å². The van der Waals surface area contributed by atoms with Crippen LogP contribution < -0.4 is 28.4 Å². The van der Waals surface area contributed by atoms with E-state index in [9.17, 15) is 15.0 Å². The average Bonchev–Trinajstić information content (AvgIpc) is 3.28. The van der Waals surface area contributed by atoms with Gasteiger partial charge in [-0.3, -0.25) is 4.79 Å². The highest BCUT2D eigenvalue weighted by Gasteiger charge is 2.71. The topological polar surface area (TPSA) is 122 Å². The summed E-state index contributed by atoms with van der Waals surface area (Å²) in [5, 5.41) is 22.6. The van der Waals surface area contributed by atoms with Gasteiger partial charge in [0.15, 0.2) is 11.5 Å². The zero-order chi connectivity index (χ0) is 28.7. The van der Waals surface area contributed by atoms with Gasteiger partial charge in [-0.2, -0.15) is 0 Å². The normalized spacial score (nSPS) is 23.2. The fraction of sp³-hybridized carbons (Fsp3) is 0.300. The van der Waals surface area contributed by atoms with Crippen molar-refractivity contribution in [3.63, 3.8) is 0 Å². The fourth-order valence-electron chi connectivity index (χ4n) is 5.31. The Hall–Kier alpha value is -4.41. The largest absolute Gasteiger partial charge is 0.507 e. The second kappa shape index (κ2) is 10.3. The molecule has 10 heteroatoms. The number of phenolic OH excluding ortho intramolecular Hbond substituents is 1. The molecule has 3 atom stereocenters. The number of hydrogen-bond acceptors (Lipinski definition) is 10. The first-order valence-electron chi connectivity index (χ1n) is 12.4. The van der Waals surface area contributed by atoms with Crippen LogP contribution in [-0.2, 0) is 10.3 Å². The van der Waals surface area contributed by atoms with E-state index in [1.807, 2.05) is 0 Å². The molecule has 1 fully saturated rings. The number of benzene rings is 3. The van der Waals surface area contributed by atoms with E-state index in [0.29, 0.717) is 34.1 Å². The van der Waals surface area contributed by atoms with Crippen molar-refractivity contribution in [1.29, 1.82) is 0 Å². The predicted molar refractivity (Wildman–Crippen MR) is 144 cm³/mol. The number of fused-ring (bicyclic) bond motifs is 2. The summed E-state index contributed by atoms with van der Waals surface area (Å²) in [4.78, 5) is 13.9. The summed E-state index contributed by atoms with van der Waals surface area (Å²) >= 11 is 0. The summed E-state index contributed by atoms with van der Waals surface area (Å²) in [5.74, 6) is -1.96. The van der Waals surface area contributed by atoms with Crippen LogP contribution in [0.3, 0.4) is 0 Å². The van der Waals surface area contributed by atoms with Crippen molar-refractivity contribution < 1.29 is 48.2 Å². The van der Waals surface area contributed by atoms with Gasteiger partial charge in [-0.05, 0) is 18.2 Å². The molecule has 0 aromatic heterocycles. The van der Waals surface area contributed by atoms with Crippen LogP contribution in [0.25, 0.3) is 6.08 Å². The molecule has 2 heterocycles. The van der Waals surface area contributed by atoms with Crippen LogP contribution in [0.5, 0.6) is 40.2 Å². The van der Waals surface area contributed by atoms with Crippen molar-refractivity contribution >= 4 is 11.9 Å². The van der Waals surface area contributed by atoms with Gasteiger partial charge < -0.3 is 43.4 Å². The predicted octanol–water partition coefficient (Wildman–Crippen LogP) is 3.95. The van der Waals surface area contributed by atoms with Crippen molar-refractivity contribution in [1.82, 2.24) is 0 Å². The first-order valence-corrected chi connectivity index (χ1v) is 12.4. The van der Waals surface area contributed by atoms with Crippen LogP contribution in [0.15, 0.2) is 54.6 Å². The van der Waals surface area contributed by atoms with Crippen LogP contribution in [-0.4, -0.2) is 63.9 Å². The second-order valence-corrected chi connectivity index (χ2v) is 9.28. The maximum atomic E-state index is 13.9. The van der Waals surface area contributed by atoms with E-state index in [-0.39, 0.29) is 23.7 Å². The maximum absolute atomic E-state index is 13.9. The van der Waals surface area contributed by atoms with Crippen molar-refractivity contribution in [2.24, 2.45) is 5.92 Å². The maximum Gasteiger partial charge on any atom is 0.277 e. The molecule has 3 aromatic carbocycles. The van der Waals surface area contributed by atoms with E-state index in [0.717, 1.165) is 0 Å². The zero-order valence-electron chi connectivity index (χ0n) is 22.7. The van der Waals surface area contributed by atoms with E-state index in [2.05, 4.69) is 0 Å². The number of aromatic hydroxyl groups is 1. The SMILES string of the molecule is COc1ccc([C@@]23Oc4cc(OC)cc(O)c4C(=O)[C@]2(O)OC[C@@H]3/C=C/c2cc(OC)c(OC)cc2OC)cc1. The third-order valence-electron chi connectivity index (χ3n) is 7.36. The second-order valence-electron chi connectivity index (χ2n) is 9.28. The monoisotopic (exact) mass is 550 g/mol. The number of ketones is 1. The Labute approximate surface area is 231 Å². The molecule has 0 unspecified atom stereocenters. The summed E-state index contributed by atoms with van der Waals surface area (Å²) < 4.78 is 39.4. The number of hydrogen-bond donors (Lipinski definition) is 2. The number of rotatable bonds is 8. The van der Waals surface area contributed by atoms with Gasteiger partial charge >= 0.3 is 0 Å². The van der Waals surface area contributed by atoms with Crippen LogP contribution in [0.1, 0.15) is 21.5 Å². The van der Waals surface area contributed by atoms with E-state index in [1.54, 1.807) is 48.6 Å². The first-order chi connectivity index (χ1) is 19.3. The molecule has 10 nitrogen and oxygen atoms in total. The molecule has 2 aliphatic heterocycles. The molecule has 0 radical (unpaired) electrons. The molecule has 210 valence electrons. The Balaban J connectivity index is 1.69. The molecule has 1 saturated heterocycles. The molecule has 2 aliphatic rings. The van der Waals surface area contributed by atoms with Gasteiger partial charge in [0, 0.05) is 29.3 Å². The summed E-state index contributed by atoms with van der Waals surface area (Å²) in [6.07, 6.45) is 3.56. The highest BCUT2D eigenvalue weighted by atomic mass is 16.7. The molecule has 5 rings (SSSR count). The number of aliphatic hydroxyl groups is 1. The van der Waals surface area contributed by atoms with Gasteiger partial charge in [0.25, 0.3) is 5.79 Å². The van der Waals surface area contributed by atoms with Gasteiger partial charge in [0.05, 0.1) is 48.1 Å². The van der Waals surface area contributed by atoms with Crippen LogP contribution in [0.4, 0.5) is 0 Å². The third kappa shape index (κ3) is 3.99. The van der Waals surface area contributed by atoms with E-state index < -0.39 is 28.8 Å². The van der Waals surface area contributed by atoms with Gasteiger partial charge in [-0.15, -0.1) is 0 Å². The molecule has 3 aromatic rings. The minimum atomic E-state index is -2.46. The van der Waals surface area contributed by atoms with Gasteiger partial charge in [0.2, 0.25) is 11.4 Å². The van der Waals surface area contributed by atoms with Crippen LogP contribution in [0, 0.1) is 5.92 Å². The Morgan fingerprint density at radius 1 is 0.850 bits per heavy atom. The van der Waals surface area contributed by atoms with Gasteiger partial charge in [-0.25, -0.2) is 0 Å². The van der Waals surface area contributed by atoms with Gasteiger partial charge in [-0.1, -0.05) is 24.3 Å². The highest BCUT2D eigenvalue weighted by molar-refractivity contribution is 6.08. The summed E-state index contributed by atoms with van der Waals surface area (Å²) in [6.45, 7) is -0.0771. The fourth-order valence-corrected chi connectivity index (χ4v) is 5.31. The number of Topliss-reactive ketones (excluding diaryl/α,β-unsaturated/α-hetero) is 1. The lowest BCUT2D eigenvalue weighted by molar-refractivity contribution is -0.220. The lowest BCUT2D eigenvalue weighted by Crippen LogP contribution is -2.62. The number of carbonyl (C=O) groups excluding carboxylic acids is 1. The molecule has 0 saturated carbocycles. The number of methoxy groups -OCH3 is 5. The van der Waals surface area contributed by atoms with Crippen molar-refractivity contribution in [3.8, 4) is 40.2 Å². The Morgan fingerprint density at radius 3 is 2.12 bits per heavy atom. The molecular weight excluding hydrogens is 520 g/mol. The van der Waals surface area contributed by atoms with Crippen molar-refractivity contribution in [2.45, 2.75) is 11.4 Å². The third-order valence-corrected chi connectivity index (χ3v) is 7.36. The lowest BCUT2D eigenvalue weighted by atomic mass is 9.72. The molecular formula is C30H30O10. The van der Waals surface area contributed by atoms with Crippen molar-refractivity contribution in [2.75, 3.05) is 42.2 Å². The van der Waals surface area contributed by atoms with Crippen LogP contribution in [0.2, 0.25) is 0 Å². The smallest absolute Gasteiger partial charge is 0.277 e. The molecule has 40 heavy (non-hydrogen) atoms. The molecule has 0 aliphatic carbocycles. The summed E-state index contributed by atoms with van der Waals surface area (Å²) in [6, 6.07) is 13.0. The Kier molecular flexibility index (Phi) is 6.99. The summed E-state index contributed by atoms with van der Waals surface area (Å²) in [5.41, 5.74) is -0.813. The Morgan fingerprint density at radius 2 is 1.50 bits per heavy atom. The summed E-state index contributed by atoms with van der Waals surface area (Å²) in [7, 11) is 7.57. The minimum absolute atomic E-state index is 0.0509. The molecule has 0 bridgehead atoms. The van der Waals surface area contributed by atoms with Crippen molar-refractivity contribution in [3.05, 3.63) is 71.3 Å². The standard InChI is InChI=1S/C30H30O10/c1-34-20-10-8-18(9-11-20)29-19(7-6-17-12-24(37-4)25(38-5)15-23(17)36-3)16-39-30(29,33)28(32)27-22(31)13-21(35-2)14-26(27)40-29/h6-15,19,31,33H,16H2,1-5H3/b7-6+/t19-,29-,30-/m0/s1. The lowest BCUT2D eigenvalue weighted by Gasteiger charge is -2.45.